The SMILES string of the molecule is CCCCC(CC)NC(C)O. The van der Waals surface area contributed by atoms with Gasteiger partial charge in [0.25, 0.3) is 0 Å². The van der Waals surface area contributed by atoms with Crippen molar-refractivity contribution < 1.29 is 5.11 Å². The van der Waals surface area contributed by atoms with Crippen molar-refractivity contribution in [2.75, 3.05) is 0 Å². The van der Waals surface area contributed by atoms with Gasteiger partial charge in [0.15, 0.2) is 0 Å². The molecule has 11 heavy (non-hydrogen) atoms. The van der Waals surface area contributed by atoms with E-state index in [2.05, 4.69) is 19.2 Å². The van der Waals surface area contributed by atoms with Crippen LogP contribution in [0.15, 0.2) is 0 Å². The van der Waals surface area contributed by atoms with Crippen LogP contribution in [0, 0.1) is 0 Å². The minimum Gasteiger partial charge on any atom is -0.379 e. The molecule has 0 spiro atoms. The Bertz CT molecular complexity index is 83.6. The third-order valence-corrected chi connectivity index (χ3v) is 1.88. The molecule has 0 aromatic rings. The number of rotatable bonds is 6. The van der Waals surface area contributed by atoms with E-state index in [4.69, 9.17) is 5.11 Å². The molecule has 2 nitrogen and oxygen atoms in total. The van der Waals surface area contributed by atoms with E-state index in [1.54, 1.807) is 6.92 Å². The normalized spacial score (nSPS) is 16.4. The van der Waals surface area contributed by atoms with E-state index in [1.807, 2.05) is 0 Å². The number of aliphatic hydroxyl groups excluding tert-OH is 1. The molecule has 0 aliphatic carbocycles. The predicted octanol–water partition coefficient (Wildman–Crippen LogP) is 1.88. The first-order valence-corrected chi connectivity index (χ1v) is 4.64. The molecular formula is C9H21NO. The van der Waals surface area contributed by atoms with Crippen molar-refractivity contribution in [2.24, 2.45) is 0 Å². The highest BCUT2D eigenvalue weighted by Gasteiger charge is 2.06. The van der Waals surface area contributed by atoms with Gasteiger partial charge in [-0.05, 0) is 19.8 Å². The molecule has 0 amide bonds. The molecule has 0 rings (SSSR count). The van der Waals surface area contributed by atoms with Gasteiger partial charge in [-0.1, -0.05) is 26.7 Å². The molecular weight excluding hydrogens is 138 g/mol. The lowest BCUT2D eigenvalue weighted by molar-refractivity contribution is 0.136. The molecule has 0 saturated heterocycles. The van der Waals surface area contributed by atoms with E-state index in [0.717, 1.165) is 6.42 Å². The number of hydrogen-bond acceptors (Lipinski definition) is 2. The molecule has 0 aromatic carbocycles. The van der Waals surface area contributed by atoms with Crippen LogP contribution < -0.4 is 5.32 Å². The van der Waals surface area contributed by atoms with Crippen molar-refractivity contribution in [3.05, 3.63) is 0 Å². The summed E-state index contributed by atoms with van der Waals surface area (Å²) in [6.45, 7) is 6.11. The summed E-state index contributed by atoms with van der Waals surface area (Å²) in [4.78, 5) is 0. The Morgan fingerprint density at radius 2 is 2.00 bits per heavy atom. The molecule has 0 aliphatic rings. The van der Waals surface area contributed by atoms with Crippen LogP contribution in [0.4, 0.5) is 0 Å². The summed E-state index contributed by atoms with van der Waals surface area (Å²) in [5, 5.41) is 12.2. The predicted molar refractivity (Wildman–Crippen MR) is 48.4 cm³/mol. The lowest BCUT2D eigenvalue weighted by Gasteiger charge is -2.18. The Balaban J connectivity index is 3.41. The van der Waals surface area contributed by atoms with Gasteiger partial charge in [0.2, 0.25) is 0 Å². The zero-order valence-electron chi connectivity index (χ0n) is 7.93. The Morgan fingerprint density at radius 1 is 1.36 bits per heavy atom. The molecule has 0 bridgehead atoms. The van der Waals surface area contributed by atoms with Gasteiger partial charge >= 0.3 is 0 Å². The van der Waals surface area contributed by atoms with Crippen molar-refractivity contribution in [1.29, 1.82) is 0 Å². The molecule has 0 saturated carbocycles. The van der Waals surface area contributed by atoms with Crippen LogP contribution in [0.5, 0.6) is 0 Å². The zero-order valence-corrected chi connectivity index (χ0v) is 7.93. The van der Waals surface area contributed by atoms with Crippen LogP contribution in [0.1, 0.15) is 46.5 Å². The smallest absolute Gasteiger partial charge is 0.102 e. The molecule has 0 aliphatic heterocycles. The summed E-state index contributed by atoms with van der Waals surface area (Å²) < 4.78 is 0. The summed E-state index contributed by atoms with van der Waals surface area (Å²) in [6.07, 6.45) is 4.40. The molecule has 0 radical (unpaired) electrons. The molecule has 2 N–H and O–H groups in total. The summed E-state index contributed by atoms with van der Waals surface area (Å²) in [6, 6.07) is 0.495. The fraction of sp³-hybridized carbons (Fsp3) is 1.00. The van der Waals surface area contributed by atoms with Crippen molar-refractivity contribution in [3.8, 4) is 0 Å². The van der Waals surface area contributed by atoms with E-state index < -0.39 is 0 Å². The van der Waals surface area contributed by atoms with E-state index in [9.17, 15) is 0 Å². The molecule has 2 heteroatoms. The van der Waals surface area contributed by atoms with Crippen molar-refractivity contribution in [1.82, 2.24) is 5.32 Å². The maximum Gasteiger partial charge on any atom is 0.102 e. The summed E-state index contributed by atoms with van der Waals surface area (Å²) in [5.41, 5.74) is 0. The van der Waals surface area contributed by atoms with Crippen molar-refractivity contribution in [3.63, 3.8) is 0 Å². The van der Waals surface area contributed by atoms with Crippen LogP contribution in [-0.2, 0) is 0 Å². The third-order valence-electron chi connectivity index (χ3n) is 1.88. The van der Waals surface area contributed by atoms with Gasteiger partial charge < -0.3 is 5.11 Å². The molecule has 2 unspecified atom stereocenters. The van der Waals surface area contributed by atoms with Crippen LogP contribution in [0.3, 0.4) is 0 Å². The van der Waals surface area contributed by atoms with Crippen LogP contribution in [0.25, 0.3) is 0 Å². The van der Waals surface area contributed by atoms with Gasteiger partial charge in [0, 0.05) is 6.04 Å². The Kier molecular flexibility index (Phi) is 6.57. The van der Waals surface area contributed by atoms with Gasteiger partial charge in [-0.3, -0.25) is 5.32 Å². The second kappa shape index (κ2) is 6.62. The van der Waals surface area contributed by atoms with Gasteiger partial charge in [-0.25, -0.2) is 0 Å². The summed E-state index contributed by atoms with van der Waals surface area (Å²) in [7, 11) is 0. The van der Waals surface area contributed by atoms with E-state index in [-0.39, 0.29) is 6.23 Å². The fourth-order valence-corrected chi connectivity index (χ4v) is 1.20. The molecule has 2 atom stereocenters. The maximum absolute atomic E-state index is 9.04. The average Bonchev–Trinajstić information content (AvgIpc) is 1.97. The number of unbranched alkanes of at least 4 members (excludes halogenated alkanes) is 1. The highest BCUT2D eigenvalue weighted by Crippen LogP contribution is 2.04. The van der Waals surface area contributed by atoms with E-state index >= 15 is 0 Å². The van der Waals surface area contributed by atoms with Crippen molar-refractivity contribution in [2.45, 2.75) is 58.7 Å². The molecule has 0 heterocycles. The lowest BCUT2D eigenvalue weighted by Crippen LogP contribution is -2.35. The molecule has 0 fully saturated rings. The maximum atomic E-state index is 9.04. The molecule has 0 aromatic heterocycles. The minimum absolute atomic E-state index is 0.364. The highest BCUT2D eigenvalue weighted by molar-refractivity contribution is 4.64. The van der Waals surface area contributed by atoms with Gasteiger partial charge in [-0.15, -0.1) is 0 Å². The van der Waals surface area contributed by atoms with Gasteiger partial charge in [0.05, 0.1) is 0 Å². The average molecular weight is 159 g/mol. The highest BCUT2D eigenvalue weighted by atomic mass is 16.3. The van der Waals surface area contributed by atoms with E-state index in [0.29, 0.717) is 6.04 Å². The fourth-order valence-electron chi connectivity index (χ4n) is 1.20. The number of nitrogens with one attached hydrogen (secondary N) is 1. The Morgan fingerprint density at radius 3 is 2.36 bits per heavy atom. The standard InChI is InChI=1S/C9H21NO/c1-4-6-7-9(5-2)10-8(3)11/h8-11H,4-7H2,1-3H3. The van der Waals surface area contributed by atoms with Crippen molar-refractivity contribution >= 4 is 0 Å². The second-order valence-electron chi connectivity index (χ2n) is 3.09. The summed E-state index contributed by atoms with van der Waals surface area (Å²) >= 11 is 0. The zero-order chi connectivity index (χ0) is 8.69. The lowest BCUT2D eigenvalue weighted by atomic mass is 10.1. The first-order chi connectivity index (χ1) is 5.20. The first kappa shape index (κ1) is 10.9. The van der Waals surface area contributed by atoms with Gasteiger partial charge in [0.1, 0.15) is 6.23 Å². The van der Waals surface area contributed by atoms with Crippen LogP contribution in [0.2, 0.25) is 0 Å². The van der Waals surface area contributed by atoms with E-state index in [1.165, 1.54) is 19.3 Å². The second-order valence-corrected chi connectivity index (χ2v) is 3.09. The first-order valence-electron chi connectivity index (χ1n) is 4.64. The van der Waals surface area contributed by atoms with Crippen LogP contribution in [-0.4, -0.2) is 17.4 Å². The number of hydrogen-bond donors (Lipinski definition) is 2. The van der Waals surface area contributed by atoms with Gasteiger partial charge in [-0.2, -0.15) is 0 Å². The Labute approximate surface area is 70.0 Å². The topological polar surface area (TPSA) is 32.3 Å². The largest absolute Gasteiger partial charge is 0.379 e. The third kappa shape index (κ3) is 6.32. The quantitative estimate of drug-likeness (QED) is 0.580. The number of aliphatic hydroxyl groups is 1. The Hall–Kier alpha value is -0.0800. The minimum atomic E-state index is -0.364. The summed E-state index contributed by atoms with van der Waals surface area (Å²) in [5.74, 6) is 0. The van der Waals surface area contributed by atoms with Crippen LogP contribution >= 0.6 is 0 Å². The monoisotopic (exact) mass is 159 g/mol. The molecule has 68 valence electrons.